The number of rotatable bonds is 1. The third-order valence-electron chi connectivity index (χ3n) is 5.31. The van der Waals surface area contributed by atoms with Gasteiger partial charge in [-0.25, -0.2) is 0 Å². The van der Waals surface area contributed by atoms with Crippen molar-refractivity contribution < 1.29 is 9.47 Å². The van der Waals surface area contributed by atoms with Crippen LogP contribution >= 0.6 is 0 Å². The highest BCUT2D eigenvalue weighted by Gasteiger charge is 2.82. The number of nitriles is 2. The quantitative estimate of drug-likeness (QED) is 0.860. The number of hydrogen-bond acceptors (Lipinski definition) is 5. The fourth-order valence-corrected chi connectivity index (χ4v) is 4.40. The molecule has 5 atom stereocenters. The molecule has 0 saturated carbocycles. The van der Waals surface area contributed by atoms with Gasteiger partial charge >= 0.3 is 0 Å². The monoisotopic (exact) mass is 306 g/mol. The molecule has 0 unspecified atom stereocenters. The lowest BCUT2D eigenvalue weighted by Gasteiger charge is -2.60. The van der Waals surface area contributed by atoms with E-state index < -0.39 is 28.6 Å². The number of nitrogens with zero attached hydrogens (tertiary/aromatic N) is 3. The molecule has 0 radical (unpaired) electrons. The number of hydrogen-bond donors (Lipinski definition) is 1. The summed E-state index contributed by atoms with van der Waals surface area (Å²) in [6, 6.07) is 13.8. The third kappa shape index (κ3) is 1.24. The van der Waals surface area contributed by atoms with E-state index in [0.29, 0.717) is 0 Å². The predicted molar refractivity (Wildman–Crippen MR) is 80.5 cm³/mol. The predicted octanol–water partition coefficient (Wildman–Crippen LogP) is 2.34. The van der Waals surface area contributed by atoms with E-state index in [1.165, 1.54) is 0 Å². The molecule has 0 aromatic heterocycles. The number of amidine groups is 1. The minimum atomic E-state index is -1.41. The molecule has 3 saturated heterocycles. The van der Waals surface area contributed by atoms with Crippen molar-refractivity contribution in [3.63, 3.8) is 0 Å². The Morgan fingerprint density at radius 3 is 2.43 bits per heavy atom. The van der Waals surface area contributed by atoms with Crippen LogP contribution in [0.3, 0.4) is 0 Å². The molecule has 4 bridgehead atoms. The molecule has 6 heteroatoms. The van der Waals surface area contributed by atoms with E-state index in [1.54, 1.807) is 13.8 Å². The van der Waals surface area contributed by atoms with Crippen LogP contribution in [0.25, 0.3) is 0 Å². The van der Waals surface area contributed by atoms with Gasteiger partial charge in [0.2, 0.25) is 11.7 Å². The van der Waals surface area contributed by atoms with Crippen LogP contribution in [0.4, 0.5) is 0 Å². The Hall–Kier alpha value is -2.70. The van der Waals surface area contributed by atoms with Crippen molar-refractivity contribution >= 4 is 11.7 Å². The topological polar surface area (TPSA) is 102 Å². The number of nitrogens with one attached hydrogen (secondary N) is 1. The van der Waals surface area contributed by atoms with Crippen LogP contribution in [0.1, 0.15) is 25.3 Å². The number of aliphatic imine (C=N–C) groups is 1. The fraction of sp³-hybridized carbons (Fsp3) is 0.412. The fourth-order valence-electron chi connectivity index (χ4n) is 4.40. The van der Waals surface area contributed by atoms with Crippen molar-refractivity contribution in [1.29, 1.82) is 15.9 Å². The van der Waals surface area contributed by atoms with E-state index in [2.05, 4.69) is 17.1 Å². The molecule has 4 aliphatic heterocycles. The summed E-state index contributed by atoms with van der Waals surface area (Å²) in [5.41, 5.74) is -2.01. The lowest BCUT2D eigenvalue weighted by Crippen LogP contribution is -2.72. The molecule has 1 aromatic carbocycles. The molecule has 1 N–H and O–H groups in total. The zero-order chi connectivity index (χ0) is 16.5. The number of benzene rings is 1. The first-order valence-electron chi connectivity index (χ1n) is 7.39. The molecular formula is C17H14N4O2. The van der Waals surface area contributed by atoms with Crippen LogP contribution in [0.15, 0.2) is 35.3 Å². The SMILES string of the molecule is C[C@H]1O[C@@]2(C)OC3=NC(=N)[C@](C#N)([C@@H]2c2ccccc2)[C@@]31C#N. The first-order chi connectivity index (χ1) is 11.0. The normalized spacial score (nSPS) is 43.3. The van der Waals surface area contributed by atoms with Gasteiger partial charge in [0.15, 0.2) is 10.8 Å². The molecule has 114 valence electrons. The van der Waals surface area contributed by atoms with E-state index in [9.17, 15) is 10.5 Å². The van der Waals surface area contributed by atoms with Crippen molar-refractivity contribution in [2.45, 2.75) is 31.7 Å². The third-order valence-corrected chi connectivity index (χ3v) is 5.31. The van der Waals surface area contributed by atoms with Crippen molar-refractivity contribution in [3.05, 3.63) is 35.9 Å². The van der Waals surface area contributed by atoms with E-state index in [1.807, 2.05) is 30.3 Å². The Labute approximate surface area is 133 Å². The second-order valence-electron chi connectivity index (χ2n) is 6.33. The summed E-state index contributed by atoms with van der Waals surface area (Å²) < 4.78 is 11.9. The summed E-state index contributed by atoms with van der Waals surface area (Å²) in [6.07, 6.45) is -0.590. The van der Waals surface area contributed by atoms with Gasteiger partial charge in [0.05, 0.1) is 24.2 Å². The van der Waals surface area contributed by atoms with E-state index in [4.69, 9.17) is 14.9 Å². The summed E-state index contributed by atoms with van der Waals surface area (Å²) in [5, 5.41) is 28.4. The van der Waals surface area contributed by atoms with Crippen LogP contribution in [-0.4, -0.2) is 23.6 Å². The average Bonchev–Trinajstić information content (AvgIpc) is 2.72. The highest BCUT2D eigenvalue weighted by atomic mass is 16.7. The van der Waals surface area contributed by atoms with Crippen molar-refractivity contribution in [2.24, 2.45) is 15.8 Å². The van der Waals surface area contributed by atoms with Crippen LogP contribution in [0.5, 0.6) is 0 Å². The zero-order valence-corrected chi connectivity index (χ0v) is 12.7. The molecule has 5 rings (SSSR count). The number of ether oxygens (including phenoxy) is 2. The van der Waals surface area contributed by atoms with Gasteiger partial charge < -0.3 is 9.47 Å². The maximum absolute atomic E-state index is 10.1. The molecule has 0 aliphatic carbocycles. The first-order valence-corrected chi connectivity index (χ1v) is 7.39. The Morgan fingerprint density at radius 2 is 1.83 bits per heavy atom. The molecule has 6 nitrogen and oxygen atoms in total. The van der Waals surface area contributed by atoms with Crippen LogP contribution in [-0.2, 0) is 9.47 Å². The summed E-state index contributed by atoms with van der Waals surface area (Å²) in [4.78, 5) is 4.14. The standard InChI is InChI=1S/C17H14N4O2/c1-10-16(8-18)14-21-13(20)17(16,9-19)12(15(2,22-10)23-14)11-6-4-3-5-7-11/h3-7,10,12,20H,1-2H3/t10-,12-,15+,16-,17+/m1/s1. The summed E-state index contributed by atoms with van der Waals surface area (Å²) in [6.45, 7) is 3.49. The Bertz CT molecular complexity index is 836. The first kappa shape index (κ1) is 13.9. The molecule has 0 spiro atoms. The Balaban J connectivity index is 2.08. The van der Waals surface area contributed by atoms with Gasteiger partial charge in [-0.2, -0.15) is 15.5 Å². The minimum Gasteiger partial charge on any atom is -0.447 e. The Morgan fingerprint density at radius 1 is 1.17 bits per heavy atom. The molecule has 0 amide bonds. The van der Waals surface area contributed by atoms with Gasteiger partial charge in [0.1, 0.15) is 5.84 Å². The highest BCUT2D eigenvalue weighted by Crippen LogP contribution is 2.68. The summed E-state index contributed by atoms with van der Waals surface area (Å²) in [5.74, 6) is -1.74. The van der Waals surface area contributed by atoms with Crippen LogP contribution < -0.4 is 0 Å². The second-order valence-corrected chi connectivity index (χ2v) is 6.33. The van der Waals surface area contributed by atoms with Crippen molar-refractivity contribution in [3.8, 4) is 12.1 Å². The van der Waals surface area contributed by atoms with Gasteiger partial charge in [0, 0.05) is 6.92 Å². The zero-order valence-electron chi connectivity index (χ0n) is 12.7. The summed E-state index contributed by atoms with van der Waals surface area (Å²) in [7, 11) is 0. The van der Waals surface area contributed by atoms with Crippen molar-refractivity contribution in [1.82, 2.24) is 0 Å². The lowest BCUT2D eigenvalue weighted by molar-refractivity contribution is -0.309. The summed E-state index contributed by atoms with van der Waals surface area (Å²) >= 11 is 0. The number of fused-ring (bicyclic) bond motifs is 1. The molecular weight excluding hydrogens is 292 g/mol. The van der Waals surface area contributed by atoms with Gasteiger partial charge in [0.25, 0.3) is 0 Å². The van der Waals surface area contributed by atoms with Crippen molar-refractivity contribution in [2.75, 3.05) is 0 Å². The second kappa shape index (κ2) is 3.98. The molecule has 4 heterocycles. The molecule has 4 aliphatic rings. The maximum Gasteiger partial charge on any atom is 0.218 e. The lowest BCUT2D eigenvalue weighted by atomic mass is 9.50. The maximum atomic E-state index is 10.1. The van der Waals surface area contributed by atoms with Crippen LogP contribution in [0.2, 0.25) is 0 Å². The van der Waals surface area contributed by atoms with E-state index in [-0.39, 0.29) is 11.7 Å². The van der Waals surface area contributed by atoms with Gasteiger partial charge in [-0.15, -0.1) is 0 Å². The van der Waals surface area contributed by atoms with E-state index in [0.717, 1.165) is 5.56 Å². The van der Waals surface area contributed by atoms with Crippen LogP contribution in [0, 0.1) is 38.9 Å². The average molecular weight is 306 g/mol. The van der Waals surface area contributed by atoms with Gasteiger partial charge in [-0.3, -0.25) is 5.41 Å². The molecule has 3 fully saturated rings. The van der Waals surface area contributed by atoms with Gasteiger partial charge in [-0.05, 0) is 12.5 Å². The smallest absolute Gasteiger partial charge is 0.218 e. The highest BCUT2D eigenvalue weighted by molar-refractivity contribution is 6.13. The minimum absolute atomic E-state index is 0.121. The molecule has 1 aromatic rings. The largest absolute Gasteiger partial charge is 0.447 e. The Kier molecular flexibility index (Phi) is 2.41. The van der Waals surface area contributed by atoms with Gasteiger partial charge in [-0.1, -0.05) is 30.3 Å². The van der Waals surface area contributed by atoms with E-state index >= 15 is 0 Å². The molecule has 23 heavy (non-hydrogen) atoms.